The third kappa shape index (κ3) is 22.7. The van der Waals surface area contributed by atoms with E-state index in [2.05, 4.69) is 176 Å². The van der Waals surface area contributed by atoms with Gasteiger partial charge in [-0.3, -0.25) is 0 Å². The minimum absolute atomic E-state index is 0.293. The first kappa shape index (κ1) is 63.5. The van der Waals surface area contributed by atoms with E-state index in [1.54, 1.807) is 64.2 Å². The summed E-state index contributed by atoms with van der Waals surface area (Å²) in [7, 11) is 0. The summed E-state index contributed by atoms with van der Waals surface area (Å²) < 4.78 is 0. The molecule has 13 aliphatic carbocycles. The monoisotopic (exact) mass is 1020 g/mol. The van der Waals surface area contributed by atoms with Gasteiger partial charge in [0.05, 0.1) is 0 Å². The molecule has 0 aromatic heterocycles. The van der Waals surface area contributed by atoms with Crippen LogP contribution >= 0.6 is 0 Å². The van der Waals surface area contributed by atoms with Gasteiger partial charge in [0.15, 0.2) is 0 Å². The Morgan fingerprint density at radius 2 is 0.747 bits per heavy atom. The molecule has 0 amide bonds. The van der Waals surface area contributed by atoms with Gasteiger partial charge in [0.25, 0.3) is 0 Å². The lowest BCUT2D eigenvalue weighted by Crippen LogP contribution is -2.49. The molecule has 13 fully saturated rings. The summed E-state index contributed by atoms with van der Waals surface area (Å²) >= 11 is 0. The summed E-state index contributed by atoms with van der Waals surface area (Å²) in [5, 5.41) is 0. The van der Waals surface area contributed by atoms with Crippen molar-refractivity contribution in [3.63, 3.8) is 0 Å². The minimum Gasteiger partial charge on any atom is -0.0625 e. The van der Waals surface area contributed by atoms with Crippen LogP contribution in [0, 0.1) is 88.3 Å². The van der Waals surface area contributed by atoms with Gasteiger partial charge in [-0.1, -0.05) is 284 Å². The second kappa shape index (κ2) is 32.7. The van der Waals surface area contributed by atoms with E-state index < -0.39 is 0 Å². The van der Waals surface area contributed by atoms with Gasteiger partial charge in [0, 0.05) is 0 Å². The highest BCUT2D eigenvalue weighted by molar-refractivity contribution is 5.22. The Morgan fingerprint density at radius 1 is 0.400 bits per heavy atom. The molecule has 0 nitrogen and oxygen atoms in total. The van der Waals surface area contributed by atoms with Crippen LogP contribution in [0.1, 0.15) is 280 Å². The number of fused-ring (bicyclic) bond motifs is 1. The quantitative estimate of drug-likeness (QED) is 0.224. The van der Waals surface area contributed by atoms with Crippen LogP contribution in [0.25, 0.3) is 0 Å². The first-order valence-corrected chi connectivity index (χ1v) is 32.9. The average Bonchev–Trinajstić information content (AvgIpc) is 4.04. The zero-order valence-electron chi connectivity index (χ0n) is 52.2. The zero-order valence-corrected chi connectivity index (χ0v) is 52.2. The molecule has 424 valence electrons. The van der Waals surface area contributed by atoms with Crippen molar-refractivity contribution in [2.75, 3.05) is 0 Å². The molecule has 3 aromatic rings. The van der Waals surface area contributed by atoms with Gasteiger partial charge in [-0.25, -0.2) is 0 Å². The van der Waals surface area contributed by atoms with E-state index in [9.17, 15) is 0 Å². The van der Waals surface area contributed by atoms with E-state index in [0.29, 0.717) is 16.7 Å². The molecule has 0 heteroatoms. The third-order valence-electron chi connectivity index (χ3n) is 20.7. The summed E-state index contributed by atoms with van der Waals surface area (Å²) in [5.41, 5.74) is 5.09. The van der Waals surface area contributed by atoms with Gasteiger partial charge >= 0.3 is 0 Å². The van der Waals surface area contributed by atoms with E-state index in [1.807, 2.05) is 12.1 Å². The number of aryl methyl sites for hydroxylation is 1. The second-order valence-electron chi connectivity index (χ2n) is 29.7. The van der Waals surface area contributed by atoms with E-state index in [4.69, 9.17) is 0 Å². The summed E-state index contributed by atoms with van der Waals surface area (Å²) in [6.07, 6.45) is 39.2. The Bertz CT molecular complexity index is 1800. The Labute approximate surface area is 468 Å². The fourth-order valence-corrected chi connectivity index (χ4v) is 15.5. The van der Waals surface area contributed by atoms with Crippen LogP contribution in [0.5, 0.6) is 0 Å². The van der Waals surface area contributed by atoms with Crippen molar-refractivity contribution in [2.45, 2.75) is 275 Å². The van der Waals surface area contributed by atoms with Crippen LogP contribution in [-0.2, 0) is 11.8 Å². The molecule has 75 heavy (non-hydrogen) atoms. The highest BCUT2D eigenvalue weighted by Gasteiger charge is 2.51. The lowest BCUT2D eigenvalue weighted by molar-refractivity contribution is -0.0811. The smallest absolute Gasteiger partial charge is 0.0132 e. The zero-order chi connectivity index (χ0) is 54.4. The second-order valence-corrected chi connectivity index (χ2v) is 29.7. The van der Waals surface area contributed by atoms with Gasteiger partial charge in [0.1, 0.15) is 0 Å². The molecule has 1 atom stereocenters. The van der Waals surface area contributed by atoms with Crippen molar-refractivity contribution in [3.05, 3.63) is 108 Å². The van der Waals surface area contributed by atoms with Gasteiger partial charge in [0.2, 0.25) is 0 Å². The maximum Gasteiger partial charge on any atom is -0.0132 e. The fraction of sp³-hybridized carbons (Fsp3) is 0.760. The molecule has 0 saturated heterocycles. The Morgan fingerprint density at radius 3 is 0.987 bits per heavy atom. The van der Waals surface area contributed by atoms with Crippen molar-refractivity contribution in [2.24, 2.45) is 88.3 Å². The SMILES string of the molecule is CC(C)(C)C1C2CC3CC(C2)CC1C3.CC(C)(C)c1ccccc1.CC(C)c1ccccc1.CC1C2CC1C2.CC1CC2CC1C2.CC1CCCC1.CC1CCCCC1.CC1CCCCCC1.CCc1ccccc1. The van der Waals surface area contributed by atoms with Crippen molar-refractivity contribution >= 4 is 0 Å². The summed E-state index contributed by atoms with van der Waals surface area (Å²) in [5.74, 6) is 16.2. The van der Waals surface area contributed by atoms with Gasteiger partial charge in [-0.15, -0.1) is 0 Å². The Hall–Kier alpha value is -2.34. The van der Waals surface area contributed by atoms with Crippen molar-refractivity contribution in [1.29, 1.82) is 0 Å². The first-order valence-electron chi connectivity index (χ1n) is 32.9. The predicted octanol–water partition coefficient (Wildman–Crippen LogP) is 23.6. The average molecular weight is 1030 g/mol. The molecule has 1 unspecified atom stereocenters. The molecule has 16 rings (SSSR count). The van der Waals surface area contributed by atoms with Crippen LogP contribution in [-0.4, -0.2) is 0 Å². The van der Waals surface area contributed by atoms with E-state index in [-0.39, 0.29) is 0 Å². The van der Waals surface area contributed by atoms with Gasteiger partial charge in [-0.2, -0.15) is 0 Å². The van der Waals surface area contributed by atoms with Crippen molar-refractivity contribution in [3.8, 4) is 0 Å². The van der Waals surface area contributed by atoms with E-state index in [0.717, 1.165) is 71.5 Å². The number of hydrogen-bond donors (Lipinski definition) is 0. The van der Waals surface area contributed by atoms with Crippen molar-refractivity contribution < 1.29 is 0 Å². The maximum atomic E-state index is 2.47. The molecular formula is C75H124. The molecule has 0 heterocycles. The first-order chi connectivity index (χ1) is 35.8. The molecule has 3 aromatic carbocycles. The number of benzene rings is 3. The lowest BCUT2D eigenvalue weighted by Gasteiger charge is -2.58. The summed E-state index contributed by atoms with van der Waals surface area (Å²) in [6, 6.07) is 31.5. The van der Waals surface area contributed by atoms with Gasteiger partial charge < -0.3 is 0 Å². The molecular weight excluding hydrogens is 901 g/mol. The number of hydrogen-bond acceptors (Lipinski definition) is 0. The molecule has 8 bridgehead atoms. The normalized spacial score (nSPS) is 30.7. The highest BCUT2D eigenvalue weighted by atomic mass is 14.6. The molecule has 0 N–H and O–H groups in total. The summed E-state index contributed by atoms with van der Waals surface area (Å²) in [6.45, 7) is 32.5. The minimum atomic E-state index is 0.293. The van der Waals surface area contributed by atoms with E-state index >= 15 is 0 Å². The molecule has 13 saturated carbocycles. The molecule has 0 spiro atoms. The van der Waals surface area contributed by atoms with Gasteiger partial charge in [-0.05, 0) is 187 Å². The number of rotatable bonds is 2. The Kier molecular flexibility index (Phi) is 27.7. The van der Waals surface area contributed by atoms with Crippen LogP contribution in [0.3, 0.4) is 0 Å². The predicted molar refractivity (Wildman–Crippen MR) is 334 cm³/mol. The summed E-state index contributed by atoms with van der Waals surface area (Å²) in [4.78, 5) is 0. The lowest BCUT2D eigenvalue weighted by atomic mass is 9.47. The standard InChI is InChI=1S/C14H24.C10H14.C9H12.C8H16.C8H10.C7H12.C7H14.C6H10.C6H12/c1-14(2,3)13-11-5-9-4-10(7-11)8-12(13)6-9;1-10(2,3)9-7-5-4-6-8-9;1-8(2)9-6-4-3-5-7-9;1-8-6-4-2-3-5-7-8;1-2-8-6-4-3-5-7-8;1-5-2-6-3-7(5)4-6;1-7-5-3-2-4-6-7;1-4-5-2-6(4)3-5;1-6-4-2-3-5-6/h9-13H,4-8H2,1-3H3;4-8H,1-3H3;3-8H,1-2H3;8H,2-7H2,1H3;3-7H,2H2,1H3;5-7H,2-4H2,1H3;7H,2-6H2,1H3;4-6H,2-3H2,1H3;6H,2-5H2,1H3. The molecule has 0 aliphatic heterocycles. The molecule has 13 aliphatic rings. The maximum absolute atomic E-state index is 2.47. The highest BCUT2D eigenvalue weighted by Crippen LogP contribution is 2.61. The van der Waals surface area contributed by atoms with Crippen LogP contribution in [0.4, 0.5) is 0 Å². The van der Waals surface area contributed by atoms with Crippen LogP contribution in [0.2, 0.25) is 0 Å². The molecule has 0 radical (unpaired) electrons. The largest absolute Gasteiger partial charge is 0.0625 e. The topological polar surface area (TPSA) is 0 Å². The van der Waals surface area contributed by atoms with Crippen LogP contribution < -0.4 is 0 Å². The van der Waals surface area contributed by atoms with Crippen LogP contribution in [0.15, 0.2) is 91.0 Å². The van der Waals surface area contributed by atoms with Crippen molar-refractivity contribution in [1.82, 2.24) is 0 Å². The third-order valence-corrected chi connectivity index (χ3v) is 20.7. The van der Waals surface area contributed by atoms with E-state index in [1.165, 1.54) is 131 Å². The Balaban J connectivity index is 0.000000158. The fourth-order valence-electron chi connectivity index (χ4n) is 15.5.